The van der Waals surface area contributed by atoms with Crippen molar-refractivity contribution >= 4 is 41.0 Å². The fraction of sp³-hybridized carbons (Fsp3) is 0. The van der Waals surface area contributed by atoms with Crippen LogP contribution in [0.4, 0.5) is 0 Å². The topological polar surface area (TPSA) is 267 Å². The molecule has 0 amide bonds. The molecule has 0 fully saturated rings. The van der Waals surface area contributed by atoms with Gasteiger partial charge in [-0.1, -0.05) is 0 Å². The van der Waals surface area contributed by atoms with Gasteiger partial charge in [0, 0.05) is 6.07 Å². The molecule has 0 radical (unpaired) electrons. The minimum atomic E-state index is -5.12. The van der Waals surface area contributed by atoms with Crippen molar-refractivity contribution in [3.63, 3.8) is 0 Å². The second-order valence-corrected chi connectivity index (χ2v) is 8.70. The van der Waals surface area contributed by atoms with Gasteiger partial charge in [-0.2, -0.15) is 33.7 Å². The highest BCUT2D eigenvalue weighted by atomic mass is 32.3. The summed E-state index contributed by atoms with van der Waals surface area (Å²) < 4.78 is 116. The normalized spacial score (nSPS) is 13.0. The summed E-state index contributed by atoms with van der Waals surface area (Å²) in [5.41, 5.74) is 0. The van der Waals surface area contributed by atoms with E-state index in [2.05, 4.69) is 3.63 Å². The quantitative estimate of drug-likeness (QED) is 0.277. The predicted octanol–water partition coefficient (Wildman–Crippen LogP) is -1.80. The summed E-state index contributed by atoms with van der Waals surface area (Å²) in [6.45, 7) is 0. The number of phenols is 2. The lowest BCUT2D eigenvalue weighted by atomic mass is 10.3. The van der Waals surface area contributed by atoms with Crippen molar-refractivity contribution in [3.8, 4) is 11.5 Å². The average Bonchev–Trinajstić information content (AvgIpc) is 2.19. The zero-order valence-corrected chi connectivity index (χ0v) is 14.4. The number of benzene rings is 1. The lowest BCUT2D eigenvalue weighted by Gasteiger charge is -2.05. The van der Waals surface area contributed by atoms with Gasteiger partial charge < -0.3 is 10.2 Å². The molecule has 0 aliphatic heterocycles. The molecule has 1 aromatic rings. The van der Waals surface area contributed by atoms with E-state index in [0.717, 1.165) is 0 Å². The average molecular weight is 448 g/mol. The number of rotatable bonds is 4. The Kier molecular flexibility index (Phi) is 6.88. The van der Waals surface area contributed by atoms with Crippen LogP contribution < -0.4 is 0 Å². The lowest BCUT2D eigenvalue weighted by molar-refractivity contribution is 0.343. The molecule has 25 heavy (non-hydrogen) atoms. The van der Waals surface area contributed by atoms with Crippen LogP contribution >= 0.6 is 0 Å². The molecule has 146 valence electrons. The number of hydrogen-bond donors (Lipinski definition) is 6. The molecule has 0 aliphatic rings. The molecule has 1 aromatic carbocycles. The maximum Gasteiger partial charge on any atom is 0.413 e. The first-order chi connectivity index (χ1) is 10.7. The zero-order valence-electron chi connectivity index (χ0n) is 11.1. The molecule has 0 saturated heterocycles. The van der Waals surface area contributed by atoms with Crippen molar-refractivity contribution in [1.29, 1.82) is 0 Å². The van der Waals surface area contributed by atoms with Crippen LogP contribution in [0.5, 0.6) is 11.5 Å². The third-order valence-electron chi connectivity index (χ3n) is 1.77. The third-order valence-corrected chi connectivity index (χ3v) is 4.91. The van der Waals surface area contributed by atoms with Gasteiger partial charge in [-0.3, -0.25) is 18.2 Å². The minimum absolute atomic E-state index is 0.231. The van der Waals surface area contributed by atoms with Crippen LogP contribution in [-0.2, 0) is 44.7 Å². The van der Waals surface area contributed by atoms with E-state index in [0.29, 0.717) is 6.07 Å². The Bertz CT molecular complexity index is 976. The first-order valence-corrected chi connectivity index (χ1v) is 10.5. The molecule has 15 nitrogen and oxygen atoms in total. The first kappa shape index (κ1) is 23.4. The molecule has 0 aromatic heterocycles. The Morgan fingerprint density at radius 3 is 1.04 bits per heavy atom. The largest absolute Gasteiger partial charge is 0.506 e. The van der Waals surface area contributed by atoms with Crippen LogP contribution in [-0.4, -0.2) is 62.1 Å². The lowest BCUT2D eigenvalue weighted by Crippen LogP contribution is -2.10. The van der Waals surface area contributed by atoms with Gasteiger partial charge >= 0.3 is 20.8 Å². The Balaban J connectivity index is 0.000000547. The number of hydrogen-bond acceptors (Lipinski definition) is 11. The summed E-state index contributed by atoms with van der Waals surface area (Å²) in [4.78, 5) is -2.28. The molecule has 0 bridgehead atoms. The van der Waals surface area contributed by atoms with Crippen molar-refractivity contribution in [3.05, 3.63) is 12.1 Å². The van der Waals surface area contributed by atoms with Crippen LogP contribution in [0.3, 0.4) is 0 Å². The minimum Gasteiger partial charge on any atom is -0.506 e. The predicted molar refractivity (Wildman–Crippen MR) is 73.6 cm³/mol. The molecule has 19 heteroatoms. The van der Waals surface area contributed by atoms with Gasteiger partial charge in [0.1, 0.15) is 21.3 Å². The van der Waals surface area contributed by atoms with Gasteiger partial charge in [-0.05, 0) is 6.07 Å². The maximum absolute atomic E-state index is 10.7. The smallest absolute Gasteiger partial charge is 0.413 e. The molecule has 0 heterocycles. The molecule has 0 atom stereocenters. The third kappa shape index (κ3) is 8.89. The van der Waals surface area contributed by atoms with E-state index in [-0.39, 0.29) is 6.07 Å². The first-order valence-electron chi connectivity index (χ1n) is 4.91. The summed E-state index contributed by atoms with van der Waals surface area (Å²) in [6, 6.07) is 0.599. The molecule has 1 rings (SSSR count). The van der Waals surface area contributed by atoms with E-state index in [1.54, 1.807) is 0 Å². The molecular weight excluding hydrogens is 440 g/mol. The summed E-state index contributed by atoms with van der Waals surface area (Å²) in [5.74, 6) is -2.10. The van der Waals surface area contributed by atoms with Crippen LogP contribution in [0, 0.1) is 0 Å². The van der Waals surface area contributed by atoms with E-state index in [1.165, 1.54) is 0 Å². The maximum atomic E-state index is 10.7. The van der Waals surface area contributed by atoms with Crippen molar-refractivity contribution in [2.45, 2.75) is 9.79 Å². The van der Waals surface area contributed by atoms with Crippen LogP contribution in [0.1, 0.15) is 0 Å². The summed E-state index contributed by atoms with van der Waals surface area (Å²) >= 11 is 0. The van der Waals surface area contributed by atoms with Crippen LogP contribution in [0.25, 0.3) is 0 Å². The molecular formula is C6H8O15S4. The Morgan fingerprint density at radius 1 is 0.600 bits per heavy atom. The summed E-state index contributed by atoms with van der Waals surface area (Å²) in [5, 5.41) is 18.1. The van der Waals surface area contributed by atoms with Crippen molar-refractivity contribution in [2.75, 3.05) is 0 Å². The second-order valence-electron chi connectivity index (χ2n) is 3.66. The fourth-order valence-corrected chi connectivity index (χ4v) is 3.18. The van der Waals surface area contributed by atoms with E-state index >= 15 is 0 Å². The Labute approximate surface area is 140 Å². The van der Waals surface area contributed by atoms with E-state index in [1.807, 2.05) is 0 Å². The molecule has 0 spiro atoms. The van der Waals surface area contributed by atoms with E-state index < -0.39 is 62.3 Å². The number of aromatic hydroxyl groups is 2. The van der Waals surface area contributed by atoms with Gasteiger partial charge in [0.2, 0.25) is 0 Å². The Hall–Kier alpha value is -1.58. The van der Waals surface area contributed by atoms with Crippen molar-refractivity contribution < 1.29 is 65.7 Å². The van der Waals surface area contributed by atoms with Gasteiger partial charge in [-0.25, -0.2) is 0 Å². The zero-order chi connectivity index (χ0) is 20.4. The van der Waals surface area contributed by atoms with Gasteiger partial charge in [-0.15, -0.1) is 3.63 Å². The number of phenolic OH excluding ortho intramolecular Hbond substituents is 2. The fourth-order valence-electron chi connectivity index (χ4n) is 1.06. The van der Waals surface area contributed by atoms with Gasteiger partial charge in [0.15, 0.2) is 0 Å². The van der Waals surface area contributed by atoms with E-state index in [9.17, 15) is 33.7 Å². The molecule has 0 aliphatic carbocycles. The van der Waals surface area contributed by atoms with Crippen LogP contribution in [0.15, 0.2) is 21.9 Å². The monoisotopic (exact) mass is 448 g/mol. The van der Waals surface area contributed by atoms with Crippen LogP contribution in [0.2, 0.25) is 0 Å². The van der Waals surface area contributed by atoms with E-state index in [4.69, 9.17) is 28.4 Å². The van der Waals surface area contributed by atoms with Crippen molar-refractivity contribution in [2.24, 2.45) is 0 Å². The van der Waals surface area contributed by atoms with Gasteiger partial charge in [0.25, 0.3) is 20.2 Å². The summed E-state index contributed by atoms with van der Waals surface area (Å²) in [7, 11) is -20.0. The molecule has 6 N–H and O–H groups in total. The molecule has 0 saturated carbocycles. The van der Waals surface area contributed by atoms with Gasteiger partial charge in [0.05, 0.1) is 0 Å². The highest BCUT2D eigenvalue weighted by Gasteiger charge is 2.24. The highest BCUT2D eigenvalue weighted by Crippen LogP contribution is 2.32. The highest BCUT2D eigenvalue weighted by molar-refractivity contribution is 7.94. The molecule has 0 unspecified atom stereocenters. The Morgan fingerprint density at radius 2 is 0.880 bits per heavy atom. The standard InChI is InChI=1S/C6H6O8S2.H2O7S2/c7-3-1-4(8)6(16(12,13)14)2-5(3)15(9,10)11;1-8(2,3)7-9(4,5)6/h1-2,7-8H,(H,9,10,11)(H,12,13,14);(H,1,2,3)(H,4,5,6). The summed E-state index contributed by atoms with van der Waals surface area (Å²) in [6.07, 6.45) is 0. The second kappa shape index (κ2) is 7.35. The van der Waals surface area contributed by atoms with Crippen molar-refractivity contribution in [1.82, 2.24) is 0 Å². The SMILES string of the molecule is O=S(=O)(O)OS(=O)(=O)O.O=S(=O)(O)c1cc(S(=O)(=O)O)c(O)cc1O.